The monoisotopic (exact) mass is 69.1 g/mol. The highest BCUT2D eigenvalue weighted by Gasteiger charge is 2.15. The van der Waals surface area contributed by atoms with Gasteiger partial charge < -0.3 is 5.32 Å². The van der Waals surface area contributed by atoms with Gasteiger partial charge in [0.15, 0.2) is 0 Å². The standard InChI is InChI=1S/C4H7N/c1-5-4-2-3-4/h4H,1-3H2/q-1. The van der Waals surface area contributed by atoms with Crippen molar-refractivity contribution in [3.05, 3.63) is 7.05 Å². The molecular weight excluding hydrogens is 62.1 g/mol. The molecule has 1 fully saturated rings. The highest BCUT2D eigenvalue weighted by molar-refractivity contribution is 4.79. The summed E-state index contributed by atoms with van der Waals surface area (Å²) in [5.41, 5.74) is 0. The molecule has 29 valence electrons. The van der Waals surface area contributed by atoms with Crippen molar-refractivity contribution in [1.29, 1.82) is 0 Å². The molecule has 0 aromatic heterocycles. The molecule has 1 aliphatic carbocycles. The minimum atomic E-state index is 0.648. The van der Waals surface area contributed by atoms with E-state index in [4.69, 9.17) is 0 Å². The SMILES string of the molecule is [CH2-][N]C1CC1. The summed E-state index contributed by atoms with van der Waals surface area (Å²) in [6, 6.07) is 0.648. The van der Waals surface area contributed by atoms with Crippen LogP contribution in [0, 0.1) is 7.05 Å². The Morgan fingerprint density at radius 3 is 2.20 bits per heavy atom. The average Bonchev–Trinajstić information content (AvgIpc) is 2.12. The van der Waals surface area contributed by atoms with Crippen molar-refractivity contribution in [2.24, 2.45) is 0 Å². The van der Waals surface area contributed by atoms with Crippen LogP contribution in [0.25, 0.3) is 0 Å². The van der Waals surface area contributed by atoms with Gasteiger partial charge in [-0.05, 0) is 18.9 Å². The Bertz CT molecular complexity index is 30.6. The maximum absolute atomic E-state index is 3.75. The Hall–Kier alpha value is -0.0400. The van der Waals surface area contributed by atoms with Crippen molar-refractivity contribution in [1.82, 2.24) is 5.32 Å². The first kappa shape index (κ1) is 3.16. The van der Waals surface area contributed by atoms with E-state index >= 15 is 0 Å². The van der Waals surface area contributed by atoms with Gasteiger partial charge in [-0.25, -0.2) is 0 Å². The van der Waals surface area contributed by atoms with Crippen molar-refractivity contribution in [3.8, 4) is 0 Å². The fourth-order valence-electron chi connectivity index (χ4n) is 0.257. The molecule has 1 aliphatic rings. The Morgan fingerprint density at radius 2 is 2.20 bits per heavy atom. The number of nitrogens with zero attached hydrogens (tertiary/aromatic N) is 1. The van der Waals surface area contributed by atoms with Crippen molar-refractivity contribution < 1.29 is 0 Å². The summed E-state index contributed by atoms with van der Waals surface area (Å²) in [5.74, 6) is 0. The minimum absolute atomic E-state index is 0.648. The lowest BCUT2D eigenvalue weighted by atomic mass is 10.7. The fraction of sp³-hybridized carbons (Fsp3) is 0.750. The zero-order valence-corrected chi connectivity index (χ0v) is 3.15. The fourth-order valence-corrected chi connectivity index (χ4v) is 0.257. The molecule has 0 saturated heterocycles. The Morgan fingerprint density at radius 1 is 1.60 bits per heavy atom. The molecule has 0 amide bonds. The summed E-state index contributed by atoms with van der Waals surface area (Å²) in [6.07, 6.45) is 2.56. The zero-order chi connectivity index (χ0) is 3.70. The lowest BCUT2D eigenvalue weighted by Crippen LogP contribution is -1.92. The highest BCUT2D eigenvalue weighted by atomic mass is 14.9. The van der Waals surface area contributed by atoms with Crippen molar-refractivity contribution in [2.45, 2.75) is 18.9 Å². The molecule has 1 radical (unpaired) electrons. The molecule has 0 heterocycles. The maximum Gasteiger partial charge on any atom is -0.00838 e. The Balaban J connectivity index is 2.00. The average molecular weight is 69.1 g/mol. The first-order chi connectivity index (χ1) is 2.43. The predicted octanol–water partition coefficient (Wildman–Crippen LogP) is 0.545. The van der Waals surface area contributed by atoms with Crippen LogP contribution < -0.4 is 5.32 Å². The molecule has 1 heteroatoms. The van der Waals surface area contributed by atoms with Crippen molar-refractivity contribution in [3.63, 3.8) is 0 Å². The van der Waals surface area contributed by atoms with Crippen LogP contribution in [-0.2, 0) is 0 Å². The van der Waals surface area contributed by atoms with Gasteiger partial charge in [-0.15, -0.1) is 0 Å². The summed E-state index contributed by atoms with van der Waals surface area (Å²) >= 11 is 0. The molecule has 0 spiro atoms. The van der Waals surface area contributed by atoms with Crippen LogP contribution in [-0.4, -0.2) is 6.04 Å². The molecule has 0 unspecified atom stereocenters. The molecule has 1 rings (SSSR count). The summed E-state index contributed by atoms with van der Waals surface area (Å²) < 4.78 is 0. The second-order valence-corrected chi connectivity index (χ2v) is 1.41. The van der Waals surface area contributed by atoms with E-state index in [1.54, 1.807) is 0 Å². The molecule has 0 aromatic rings. The second-order valence-electron chi connectivity index (χ2n) is 1.41. The van der Waals surface area contributed by atoms with Crippen LogP contribution in [0.4, 0.5) is 0 Å². The third-order valence-electron chi connectivity index (χ3n) is 0.805. The minimum Gasteiger partial charge on any atom is -0.422 e. The van der Waals surface area contributed by atoms with Crippen LogP contribution in [0.3, 0.4) is 0 Å². The summed E-state index contributed by atoms with van der Waals surface area (Å²) in [4.78, 5) is 0. The van der Waals surface area contributed by atoms with Crippen LogP contribution in [0.2, 0.25) is 0 Å². The first-order valence-electron chi connectivity index (χ1n) is 1.89. The van der Waals surface area contributed by atoms with E-state index in [-0.39, 0.29) is 0 Å². The van der Waals surface area contributed by atoms with Gasteiger partial charge in [-0.3, -0.25) is 7.05 Å². The summed E-state index contributed by atoms with van der Waals surface area (Å²) in [5, 5.41) is 3.75. The van der Waals surface area contributed by atoms with Gasteiger partial charge >= 0.3 is 0 Å². The molecule has 0 N–H and O–H groups in total. The molecule has 1 saturated carbocycles. The number of hydrogen-bond donors (Lipinski definition) is 0. The quantitative estimate of drug-likeness (QED) is 0.399. The lowest BCUT2D eigenvalue weighted by molar-refractivity contribution is 0.841. The van der Waals surface area contributed by atoms with E-state index in [0.717, 1.165) is 0 Å². The van der Waals surface area contributed by atoms with Gasteiger partial charge in [0.2, 0.25) is 0 Å². The Kier molecular flexibility index (Phi) is 0.618. The van der Waals surface area contributed by atoms with Gasteiger partial charge in [-0.1, -0.05) is 0 Å². The van der Waals surface area contributed by atoms with Gasteiger partial charge in [-0.2, -0.15) is 0 Å². The number of rotatable bonds is 1. The largest absolute Gasteiger partial charge is 0.422 e. The van der Waals surface area contributed by atoms with E-state index < -0.39 is 0 Å². The highest BCUT2D eigenvalue weighted by Crippen LogP contribution is 2.18. The molecule has 0 bridgehead atoms. The third kappa shape index (κ3) is 0.618. The zero-order valence-electron chi connectivity index (χ0n) is 3.15. The lowest BCUT2D eigenvalue weighted by Gasteiger charge is -1.89. The van der Waals surface area contributed by atoms with Crippen molar-refractivity contribution in [2.75, 3.05) is 0 Å². The maximum atomic E-state index is 3.75. The smallest absolute Gasteiger partial charge is 0.00838 e. The molecule has 0 aliphatic heterocycles. The molecule has 0 atom stereocenters. The molecule has 0 aromatic carbocycles. The van der Waals surface area contributed by atoms with Gasteiger partial charge in [0.25, 0.3) is 0 Å². The van der Waals surface area contributed by atoms with Gasteiger partial charge in [0.05, 0.1) is 0 Å². The predicted molar refractivity (Wildman–Crippen MR) is 20.5 cm³/mol. The van der Waals surface area contributed by atoms with Crippen LogP contribution >= 0.6 is 0 Å². The van der Waals surface area contributed by atoms with Gasteiger partial charge in [0, 0.05) is 0 Å². The number of hydrogen-bond acceptors (Lipinski definition) is 0. The van der Waals surface area contributed by atoms with E-state index in [9.17, 15) is 0 Å². The van der Waals surface area contributed by atoms with Crippen molar-refractivity contribution >= 4 is 0 Å². The molecule has 1 nitrogen and oxygen atoms in total. The molecule has 5 heavy (non-hydrogen) atoms. The topological polar surface area (TPSA) is 14.1 Å². The summed E-state index contributed by atoms with van der Waals surface area (Å²) in [6.45, 7) is 0. The van der Waals surface area contributed by atoms with E-state index in [0.29, 0.717) is 6.04 Å². The first-order valence-corrected chi connectivity index (χ1v) is 1.89. The van der Waals surface area contributed by atoms with Crippen LogP contribution in [0.1, 0.15) is 12.8 Å². The van der Waals surface area contributed by atoms with Crippen LogP contribution in [0.5, 0.6) is 0 Å². The van der Waals surface area contributed by atoms with E-state index in [2.05, 4.69) is 12.4 Å². The van der Waals surface area contributed by atoms with E-state index in [1.165, 1.54) is 12.8 Å². The van der Waals surface area contributed by atoms with Gasteiger partial charge in [0.1, 0.15) is 0 Å². The van der Waals surface area contributed by atoms with E-state index in [1.807, 2.05) is 0 Å². The summed E-state index contributed by atoms with van der Waals surface area (Å²) in [7, 11) is 3.37. The second kappa shape index (κ2) is 0.977. The molecular formula is C4H7N-. The normalized spacial score (nSPS) is 23.4. The Labute approximate surface area is 32.4 Å². The van der Waals surface area contributed by atoms with Crippen LogP contribution in [0.15, 0.2) is 0 Å². The third-order valence-corrected chi connectivity index (χ3v) is 0.805.